The van der Waals surface area contributed by atoms with E-state index < -0.39 is 0 Å². The van der Waals surface area contributed by atoms with Crippen molar-refractivity contribution in [2.75, 3.05) is 6.54 Å². The van der Waals surface area contributed by atoms with E-state index in [2.05, 4.69) is 10.1 Å². The Kier molecular flexibility index (Phi) is 3.58. The molecule has 5 heteroatoms. The van der Waals surface area contributed by atoms with Crippen LogP contribution in [0.3, 0.4) is 0 Å². The minimum Gasteiger partial charge on any atom is -0.329 e. The third-order valence-corrected chi connectivity index (χ3v) is 3.44. The van der Waals surface area contributed by atoms with Gasteiger partial charge in [0, 0.05) is 31.5 Å². The molecule has 2 N–H and O–H groups in total. The number of hydrogen-bond donors (Lipinski definition) is 1. The highest BCUT2D eigenvalue weighted by Gasteiger charge is 2.13. The summed E-state index contributed by atoms with van der Waals surface area (Å²) in [5.41, 5.74) is 6.92. The van der Waals surface area contributed by atoms with Gasteiger partial charge in [-0.05, 0) is 12.1 Å². The van der Waals surface area contributed by atoms with Gasteiger partial charge in [-0.25, -0.2) is 4.98 Å². The van der Waals surface area contributed by atoms with E-state index in [4.69, 9.17) is 5.73 Å². The quantitative estimate of drug-likeness (QED) is 0.816. The topological polar surface area (TPSA) is 56.7 Å². The second-order valence-electron chi connectivity index (χ2n) is 3.46. The molecular weight excluding hydrogens is 220 g/mol. The maximum atomic E-state index is 5.78. The van der Waals surface area contributed by atoms with Crippen LogP contribution in [0.15, 0.2) is 41.8 Å². The lowest BCUT2D eigenvalue weighted by Gasteiger charge is -2.11. The second-order valence-corrected chi connectivity index (χ2v) is 4.68. The Hall–Kier alpha value is -1.33. The highest BCUT2D eigenvalue weighted by molar-refractivity contribution is 7.99. The van der Waals surface area contributed by atoms with Crippen LogP contribution in [0.25, 0.3) is 0 Å². The molecule has 0 aliphatic rings. The average molecular weight is 234 g/mol. The van der Waals surface area contributed by atoms with Crippen LogP contribution in [0.4, 0.5) is 0 Å². The first-order valence-electron chi connectivity index (χ1n) is 5.06. The fraction of sp³-hybridized carbons (Fsp3) is 0.273. The molecular formula is C11H14N4S. The summed E-state index contributed by atoms with van der Waals surface area (Å²) in [4.78, 5) is 4.28. The fourth-order valence-electron chi connectivity index (χ4n) is 1.42. The summed E-state index contributed by atoms with van der Waals surface area (Å²) in [6.07, 6.45) is 5.64. The van der Waals surface area contributed by atoms with E-state index >= 15 is 0 Å². The largest absolute Gasteiger partial charge is 0.329 e. The van der Waals surface area contributed by atoms with Gasteiger partial charge in [0.15, 0.2) is 0 Å². The molecule has 84 valence electrons. The van der Waals surface area contributed by atoms with Gasteiger partial charge in [0.1, 0.15) is 0 Å². The molecule has 0 aliphatic heterocycles. The van der Waals surface area contributed by atoms with Crippen LogP contribution < -0.4 is 5.73 Å². The molecule has 0 aliphatic carbocycles. The molecule has 2 aromatic heterocycles. The summed E-state index contributed by atoms with van der Waals surface area (Å²) in [6, 6.07) is 5.88. The molecule has 1 atom stereocenters. The van der Waals surface area contributed by atoms with Crippen LogP contribution in [-0.2, 0) is 7.05 Å². The second kappa shape index (κ2) is 5.14. The summed E-state index contributed by atoms with van der Waals surface area (Å²) in [5, 5.41) is 5.35. The van der Waals surface area contributed by atoms with E-state index in [0.29, 0.717) is 6.54 Å². The van der Waals surface area contributed by atoms with Gasteiger partial charge in [0.25, 0.3) is 0 Å². The number of nitrogens with zero attached hydrogens (tertiary/aromatic N) is 3. The van der Waals surface area contributed by atoms with Gasteiger partial charge >= 0.3 is 0 Å². The molecule has 0 saturated carbocycles. The number of thioether (sulfide) groups is 1. The Bertz CT molecular complexity index is 440. The summed E-state index contributed by atoms with van der Waals surface area (Å²) in [5.74, 6) is 0. The molecule has 0 fully saturated rings. The summed E-state index contributed by atoms with van der Waals surface area (Å²) in [7, 11) is 1.91. The summed E-state index contributed by atoms with van der Waals surface area (Å²) in [6.45, 7) is 0.576. The summed E-state index contributed by atoms with van der Waals surface area (Å²) < 4.78 is 1.79. The van der Waals surface area contributed by atoms with Crippen LogP contribution in [-0.4, -0.2) is 21.3 Å². The Labute approximate surface area is 98.9 Å². The van der Waals surface area contributed by atoms with Gasteiger partial charge < -0.3 is 5.73 Å². The molecule has 0 radical (unpaired) electrons. The van der Waals surface area contributed by atoms with Crippen molar-refractivity contribution in [1.29, 1.82) is 0 Å². The first kappa shape index (κ1) is 11.2. The Morgan fingerprint density at radius 3 is 2.94 bits per heavy atom. The van der Waals surface area contributed by atoms with Crippen LogP contribution in [0.2, 0.25) is 0 Å². The zero-order valence-electron chi connectivity index (χ0n) is 9.08. The fourth-order valence-corrected chi connectivity index (χ4v) is 2.35. The van der Waals surface area contributed by atoms with Gasteiger partial charge in [-0.15, -0.1) is 0 Å². The van der Waals surface area contributed by atoms with E-state index in [1.807, 2.05) is 37.6 Å². The van der Waals surface area contributed by atoms with Crippen molar-refractivity contribution in [3.05, 3.63) is 42.4 Å². The lowest BCUT2D eigenvalue weighted by atomic mass is 10.2. The maximum Gasteiger partial charge on any atom is 0.0966 e. The number of rotatable bonds is 4. The molecule has 1 unspecified atom stereocenters. The smallest absolute Gasteiger partial charge is 0.0966 e. The van der Waals surface area contributed by atoms with E-state index in [1.54, 1.807) is 22.6 Å². The molecule has 0 bridgehead atoms. The highest BCUT2D eigenvalue weighted by Crippen LogP contribution is 2.32. The Morgan fingerprint density at radius 1 is 1.50 bits per heavy atom. The zero-order chi connectivity index (χ0) is 11.4. The molecule has 0 saturated heterocycles. The van der Waals surface area contributed by atoms with Crippen LogP contribution in [0.5, 0.6) is 0 Å². The van der Waals surface area contributed by atoms with E-state index in [1.165, 1.54) is 0 Å². The van der Waals surface area contributed by atoms with Gasteiger partial charge in [-0.3, -0.25) is 4.68 Å². The van der Waals surface area contributed by atoms with Crippen LogP contribution >= 0.6 is 11.8 Å². The SMILES string of the molecule is Cn1cc(C(CN)Sc2ccccn2)cn1. The lowest BCUT2D eigenvalue weighted by molar-refractivity contribution is 0.766. The van der Waals surface area contributed by atoms with Crippen molar-refractivity contribution < 1.29 is 0 Å². The summed E-state index contributed by atoms with van der Waals surface area (Å²) >= 11 is 1.67. The number of aromatic nitrogens is 3. The molecule has 2 rings (SSSR count). The van der Waals surface area contributed by atoms with Crippen molar-refractivity contribution in [2.24, 2.45) is 12.8 Å². The molecule has 16 heavy (non-hydrogen) atoms. The standard InChI is InChI=1S/C11H14N4S/c1-15-8-9(7-14-15)10(6-12)16-11-4-2-3-5-13-11/h2-5,7-8,10H,6,12H2,1H3. The lowest BCUT2D eigenvalue weighted by Crippen LogP contribution is -2.08. The van der Waals surface area contributed by atoms with E-state index in [-0.39, 0.29) is 5.25 Å². The number of aryl methyl sites for hydroxylation is 1. The number of hydrogen-bond acceptors (Lipinski definition) is 4. The number of nitrogens with two attached hydrogens (primary N) is 1. The molecule has 0 spiro atoms. The van der Waals surface area contributed by atoms with E-state index in [0.717, 1.165) is 10.6 Å². The van der Waals surface area contributed by atoms with Gasteiger partial charge in [0.2, 0.25) is 0 Å². The Morgan fingerprint density at radius 2 is 2.38 bits per heavy atom. The highest BCUT2D eigenvalue weighted by atomic mass is 32.2. The predicted octanol–water partition coefficient (Wildman–Crippen LogP) is 1.61. The van der Waals surface area contributed by atoms with Crippen molar-refractivity contribution in [3.63, 3.8) is 0 Å². The molecule has 4 nitrogen and oxygen atoms in total. The minimum absolute atomic E-state index is 0.212. The monoisotopic (exact) mass is 234 g/mol. The Balaban J connectivity index is 2.12. The van der Waals surface area contributed by atoms with Gasteiger partial charge in [-0.2, -0.15) is 5.10 Å². The first-order valence-corrected chi connectivity index (χ1v) is 5.94. The van der Waals surface area contributed by atoms with E-state index in [9.17, 15) is 0 Å². The zero-order valence-corrected chi connectivity index (χ0v) is 9.89. The van der Waals surface area contributed by atoms with Crippen molar-refractivity contribution >= 4 is 11.8 Å². The maximum absolute atomic E-state index is 5.78. The molecule has 2 heterocycles. The predicted molar refractivity (Wildman–Crippen MR) is 65.1 cm³/mol. The first-order chi connectivity index (χ1) is 7.79. The number of pyridine rings is 1. The molecule has 0 amide bonds. The minimum atomic E-state index is 0.212. The molecule has 2 aromatic rings. The third kappa shape index (κ3) is 2.62. The molecule has 0 aromatic carbocycles. The van der Waals surface area contributed by atoms with Gasteiger partial charge in [0.05, 0.1) is 16.5 Å². The van der Waals surface area contributed by atoms with Crippen LogP contribution in [0, 0.1) is 0 Å². The van der Waals surface area contributed by atoms with Crippen molar-refractivity contribution in [2.45, 2.75) is 10.3 Å². The third-order valence-electron chi connectivity index (χ3n) is 2.21. The van der Waals surface area contributed by atoms with Crippen molar-refractivity contribution in [1.82, 2.24) is 14.8 Å². The van der Waals surface area contributed by atoms with Gasteiger partial charge in [-0.1, -0.05) is 17.8 Å². The van der Waals surface area contributed by atoms with Crippen molar-refractivity contribution in [3.8, 4) is 0 Å². The average Bonchev–Trinajstić information content (AvgIpc) is 2.74. The normalized spacial score (nSPS) is 12.6. The van der Waals surface area contributed by atoms with Crippen LogP contribution in [0.1, 0.15) is 10.8 Å².